The Labute approximate surface area is 84.9 Å². The first-order chi connectivity index (χ1) is 5.91. The minimum Gasteiger partial charge on any atom is -0.0883 e. The van der Waals surface area contributed by atoms with Crippen molar-refractivity contribution >= 4 is 15.9 Å². The van der Waals surface area contributed by atoms with Gasteiger partial charge >= 0.3 is 0 Å². The Bertz CT molecular complexity index is 125. The average Bonchev–Trinajstić information content (AvgIpc) is 2.10. The van der Waals surface area contributed by atoms with E-state index in [-0.39, 0.29) is 0 Å². The first-order valence-electron chi connectivity index (χ1n) is 4.77. The second-order valence-corrected chi connectivity index (χ2v) is 3.48. The second-order valence-electron chi connectivity index (χ2n) is 2.83. The van der Waals surface area contributed by atoms with Crippen molar-refractivity contribution in [1.82, 2.24) is 0 Å². The van der Waals surface area contributed by atoms with Crippen molar-refractivity contribution in [2.75, 3.05) is 5.33 Å². The lowest BCUT2D eigenvalue weighted by Gasteiger charge is -1.90. The molecule has 0 aromatic heterocycles. The summed E-state index contributed by atoms with van der Waals surface area (Å²) in [4.78, 5) is 0. The van der Waals surface area contributed by atoms with Gasteiger partial charge in [-0.1, -0.05) is 60.0 Å². The molecule has 12 heavy (non-hydrogen) atoms. The molecule has 0 spiro atoms. The van der Waals surface area contributed by atoms with E-state index in [1.54, 1.807) is 0 Å². The van der Waals surface area contributed by atoms with Crippen LogP contribution in [0.5, 0.6) is 0 Å². The molecule has 0 aliphatic carbocycles. The molecule has 0 aromatic rings. The highest BCUT2D eigenvalue weighted by Crippen LogP contribution is 2.00. The van der Waals surface area contributed by atoms with Gasteiger partial charge in [-0.3, -0.25) is 0 Å². The molecule has 0 amide bonds. The van der Waals surface area contributed by atoms with Crippen LogP contribution in [-0.2, 0) is 0 Å². The van der Waals surface area contributed by atoms with Crippen LogP contribution in [0.15, 0.2) is 24.3 Å². The van der Waals surface area contributed by atoms with Crippen LogP contribution >= 0.6 is 15.9 Å². The molecule has 0 aliphatic heterocycles. The maximum atomic E-state index is 3.34. The van der Waals surface area contributed by atoms with Crippen LogP contribution in [0, 0.1) is 0 Å². The molecule has 0 aromatic carbocycles. The monoisotopic (exact) mass is 230 g/mol. The highest BCUT2D eigenvalue weighted by Gasteiger charge is 1.80. The molecular weight excluding hydrogens is 212 g/mol. The van der Waals surface area contributed by atoms with E-state index in [0.29, 0.717) is 0 Å². The lowest BCUT2D eigenvalue weighted by molar-refractivity contribution is 0.728. The third-order valence-corrected chi connectivity index (χ3v) is 2.04. The number of unbranched alkanes of at least 4 members (excludes halogenated alkanes) is 3. The van der Waals surface area contributed by atoms with Crippen LogP contribution in [0.2, 0.25) is 0 Å². The number of hydrogen-bond acceptors (Lipinski definition) is 0. The van der Waals surface area contributed by atoms with Gasteiger partial charge in [0.15, 0.2) is 0 Å². The smallest absolute Gasteiger partial charge is 0.0212 e. The molecule has 0 radical (unpaired) electrons. The molecule has 0 unspecified atom stereocenters. The fourth-order valence-electron chi connectivity index (χ4n) is 0.964. The Morgan fingerprint density at radius 1 is 1.00 bits per heavy atom. The highest BCUT2D eigenvalue weighted by molar-refractivity contribution is 9.09. The van der Waals surface area contributed by atoms with Crippen molar-refractivity contribution in [3.05, 3.63) is 24.3 Å². The van der Waals surface area contributed by atoms with Gasteiger partial charge < -0.3 is 0 Å². The Hall–Kier alpha value is -0.0400. The Morgan fingerprint density at radius 3 is 2.42 bits per heavy atom. The van der Waals surface area contributed by atoms with Crippen LogP contribution in [0.4, 0.5) is 0 Å². The molecule has 0 rings (SSSR count). The quantitative estimate of drug-likeness (QED) is 0.344. The van der Waals surface area contributed by atoms with E-state index in [4.69, 9.17) is 0 Å². The van der Waals surface area contributed by atoms with Gasteiger partial charge in [0.1, 0.15) is 0 Å². The zero-order chi connectivity index (χ0) is 9.07. The molecule has 70 valence electrons. The Morgan fingerprint density at radius 2 is 1.75 bits per heavy atom. The highest BCUT2D eigenvalue weighted by atomic mass is 79.9. The van der Waals surface area contributed by atoms with Crippen molar-refractivity contribution < 1.29 is 0 Å². The summed E-state index contributed by atoms with van der Waals surface area (Å²) >= 11 is 3.34. The fourth-order valence-corrected chi connectivity index (χ4v) is 1.23. The summed E-state index contributed by atoms with van der Waals surface area (Å²) in [7, 11) is 0. The normalized spacial score (nSPS) is 11.8. The van der Waals surface area contributed by atoms with E-state index in [2.05, 4.69) is 47.2 Å². The molecule has 0 fully saturated rings. The maximum absolute atomic E-state index is 3.34. The van der Waals surface area contributed by atoms with Crippen molar-refractivity contribution in [2.24, 2.45) is 0 Å². The lowest BCUT2D eigenvalue weighted by atomic mass is 10.2. The zero-order valence-corrected chi connectivity index (χ0v) is 9.52. The van der Waals surface area contributed by atoms with Gasteiger partial charge in [0.25, 0.3) is 0 Å². The van der Waals surface area contributed by atoms with Crippen LogP contribution in [0.25, 0.3) is 0 Å². The van der Waals surface area contributed by atoms with Crippen LogP contribution in [0.3, 0.4) is 0 Å². The van der Waals surface area contributed by atoms with Gasteiger partial charge in [-0.2, -0.15) is 0 Å². The number of alkyl halides is 1. The van der Waals surface area contributed by atoms with Crippen LogP contribution < -0.4 is 0 Å². The minimum atomic E-state index is 0.969. The number of rotatable bonds is 7. The number of allylic oxidation sites excluding steroid dienone is 4. The lowest BCUT2D eigenvalue weighted by Crippen LogP contribution is -1.70. The van der Waals surface area contributed by atoms with E-state index in [0.717, 1.165) is 11.8 Å². The van der Waals surface area contributed by atoms with Crippen LogP contribution in [-0.4, -0.2) is 5.33 Å². The summed E-state index contributed by atoms with van der Waals surface area (Å²) in [5.41, 5.74) is 0. The third-order valence-electron chi connectivity index (χ3n) is 1.67. The molecule has 0 aliphatic rings. The molecule has 0 heterocycles. The first kappa shape index (κ1) is 12.0. The van der Waals surface area contributed by atoms with E-state index in [1.165, 1.54) is 25.7 Å². The summed E-state index contributed by atoms with van der Waals surface area (Å²) in [5, 5.41) is 0.969. The second kappa shape index (κ2) is 11.0. The molecule has 0 atom stereocenters. The molecule has 0 saturated carbocycles. The number of halogens is 1. The molecule has 0 nitrogen and oxygen atoms in total. The van der Waals surface area contributed by atoms with Gasteiger partial charge in [0, 0.05) is 5.33 Å². The van der Waals surface area contributed by atoms with Gasteiger partial charge in [-0.25, -0.2) is 0 Å². The summed E-state index contributed by atoms with van der Waals surface area (Å²) in [5.74, 6) is 0. The fraction of sp³-hybridized carbons (Fsp3) is 0.636. The molecule has 0 N–H and O–H groups in total. The van der Waals surface area contributed by atoms with Crippen molar-refractivity contribution in [1.29, 1.82) is 0 Å². The summed E-state index contributed by atoms with van der Waals surface area (Å²) in [6.07, 6.45) is 15.2. The van der Waals surface area contributed by atoms with Gasteiger partial charge in [0.2, 0.25) is 0 Å². The summed E-state index contributed by atoms with van der Waals surface area (Å²) in [6.45, 7) is 2.24. The van der Waals surface area contributed by atoms with Crippen LogP contribution in [0.1, 0.15) is 39.0 Å². The third kappa shape index (κ3) is 9.96. The van der Waals surface area contributed by atoms with Crippen molar-refractivity contribution in [3.8, 4) is 0 Å². The van der Waals surface area contributed by atoms with Crippen molar-refractivity contribution in [3.63, 3.8) is 0 Å². The molecule has 0 bridgehead atoms. The standard InChI is InChI=1S/C11H19Br/c1-2-3-4-5-6-7-8-9-10-11-12/h6-7,9-10H,2-5,8,11H2,1H3/b7-6-,10-9-. The number of hydrogen-bond donors (Lipinski definition) is 0. The predicted octanol–water partition coefficient (Wildman–Crippen LogP) is 4.46. The SMILES string of the molecule is CCCCC/C=C\C/C=C\CBr. The van der Waals surface area contributed by atoms with Gasteiger partial charge in [0.05, 0.1) is 0 Å². The Balaban J connectivity index is 3.08. The van der Waals surface area contributed by atoms with E-state index >= 15 is 0 Å². The Kier molecular flexibility index (Phi) is 10.9. The molecule has 1 heteroatoms. The van der Waals surface area contributed by atoms with E-state index in [9.17, 15) is 0 Å². The molecular formula is C11H19Br. The topological polar surface area (TPSA) is 0 Å². The maximum Gasteiger partial charge on any atom is 0.0212 e. The van der Waals surface area contributed by atoms with Crippen molar-refractivity contribution in [2.45, 2.75) is 39.0 Å². The minimum absolute atomic E-state index is 0.969. The summed E-state index contributed by atoms with van der Waals surface area (Å²) < 4.78 is 0. The van der Waals surface area contributed by atoms with E-state index in [1.807, 2.05) is 0 Å². The predicted molar refractivity (Wildman–Crippen MR) is 60.8 cm³/mol. The summed E-state index contributed by atoms with van der Waals surface area (Å²) in [6, 6.07) is 0. The molecule has 0 saturated heterocycles. The zero-order valence-electron chi connectivity index (χ0n) is 7.93. The van der Waals surface area contributed by atoms with Gasteiger partial charge in [-0.15, -0.1) is 0 Å². The van der Waals surface area contributed by atoms with E-state index < -0.39 is 0 Å². The first-order valence-corrected chi connectivity index (χ1v) is 5.90. The van der Waals surface area contributed by atoms with Gasteiger partial charge in [-0.05, 0) is 19.3 Å². The average molecular weight is 231 g/mol. The largest absolute Gasteiger partial charge is 0.0883 e.